The molecule has 0 atom stereocenters. The summed E-state index contributed by atoms with van der Waals surface area (Å²) in [6.45, 7) is 3.13. The minimum atomic E-state index is -0.971. The summed E-state index contributed by atoms with van der Waals surface area (Å²) in [5.41, 5.74) is 6.54. The molecule has 0 aliphatic heterocycles. The molecule has 0 saturated carbocycles. The minimum absolute atomic E-state index is 0.221. The van der Waals surface area contributed by atoms with Gasteiger partial charge in [0.2, 0.25) is 0 Å². The van der Waals surface area contributed by atoms with Gasteiger partial charge in [0.15, 0.2) is 0 Å². The molecular weight excluding hydrogens is 773 g/mol. The van der Waals surface area contributed by atoms with Crippen molar-refractivity contribution < 1.29 is 43.5 Å². The molecule has 8 rings (SSSR count). The maximum atomic E-state index is 11.1. The molecule has 0 fully saturated rings. The Morgan fingerprint density at radius 2 is 0.869 bits per heavy atom. The zero-order chi connectivity index (χ0) is 42.6. The average molecular weight is 815 g/mol. The molecule has 61 heavy (non-hydrogen) atoms. The van der Waals surface area contributed by atoms with E-state index in [0.717, 1.165) is 49.9 Å². The molecule has 0 bridgehead atoms. The molecule has 6 aromatic carbocycles. The second-order valence-corrected chi connectivity index (χ2v) is 14.0. The highest BCUT2D eigenvalue weighted by Gasteiger charge is 2.09. The first-order chi connectivity index (χ1) is 29.7. The minimum Gasteiger partial charge on any atom is -0.496 e. The molecule has 0 amide bonds. The van der Waals surface area contributed by atoms with E-state index in [0.29, 0.717) is 42.0 Å². The van der Waals surface area contributed by atoms with Gasteiger partial charge < -0.3 is 33.9 Å². The summed E-state index contributed by atoms with van der Waals surface area (Å²) < 4.78 is 28.9. The number of fused-ring (bicyclic) bond motifs is 2. The van der Waals surface area contributed by atoms with Gasteiger partial charge >= 0.3 is 11.9 Å². The third-order valence-electron chi connectivity index (χ3n) is 9.36. The maximum Gasteiger partial charge on any atom is 0.335 e. The van der Waals surface area contributed by atoms with Crippen molar-refractivity contribution >= 4 is 33.7 Å². The van der Waals surface area contributed by atoms with Crippen molar-refractivity contribution in [2.24, 2.45) is 0 Å². The van der Waals surface area contributed by atoms with E-state index < -0.39 is 11.9 Å². The zero-order valence-corrected chi connectivity index (χ0v) is 33.5. The lowest BCUT2D eigenvalue weighted by Gasteiger charge is -2.12. The fourth-order valence-corrected chi connectivity index (χ4v) is 6.32. The first kappa shape index (κ1) is 41.2. The van der Waals surface area contributed by atoms with Crippen LogP contribution >= 0.6 is 0 Å². The van der Waals surface area contributed by atoms with Gasteiger partial charge in [0, 0.05) is 35.0 Å². The summed E-state index contributed by atoms with van der Waals surface area (Å²) in [4.78, 5) is 31.5. The number of rotatable bonds is 15. The summed E-state index contributed by atoms with van der Waals surface area (Å²) in [7, 11) is 1.57. The second kappa shape index (κ2) is 19.7. The first-order valence-corrected chi connectivity index (χ1v) is 19.3. The Balaban J connectivity index is 0.000000184. The molecule has 11 heteroatoms. The molecule has 2 heterocycles. The number of aryl methyl sites for hydroxylation is 1. The monoisotopic (exact) mass is 814 g/mol. The van der Waals surface area contributed by atoms with Gasteiger partial charge in [0.05, 0.1) is 40.7 Å². The van der Waals surface area contributed by atoms with Gasteiger partial charge in [-0.05, 0) is 84.3 Å². The van der Waals surface area contributed by atoms with E-state index in [1.54, 1.807) is 61.7 Å². The number of benzene rings is 6. The molecule has 0 radical (unpaired) electrons. The Morgan fingerprint density at radius 1 is 0.459 bits per heavy atom. The van der Waals surface area contributed by atoms with Crippen molar-refractivity contribution in [3.8, 4) is 28.7 Å². The molecule has 0 aliphatic rings. The number of hydrogen-bond donors (Lipinski definition) is 2. The van der Waals surface area contributed by atoms with Crippen LogP contribution in [0.3, 0.4) is 0 Å². The number of aromatic nitrogens is 2. The third-order valence-corrected chi connectivity index (χ3v) is 9.36. The zero-order valence-electron chi connectivity index (χ0n) is 33.5. The van der Waals surface area contributed by atoms with Crippen molar-refractivity contribution in [3.05, 3.63) is 197 Å². The molecule has 2 aromatic heterocycles. The number of para-hydroxylation sites is 2. The van der Waals surface area contributed by atoms with Crippen molar-refractivity contribution in [1.29, 1.82) is 0 Å². The lowest BCUT2D eigenvalue weighted by Crippen LogP contribution is -2.01. The van der Waals surface area contributed by atoms with Crippen LogP contribution in [0.4, 0.5) is 0 Å². The first-order valence-electron chi connectivity index (χ1n) is 19.3. The van der Waals surface area contributed by atoms with Crippen molar-refractivity contribution in [3.63, 3.8) is 0 Å². The number of pyridine rings is 2. The topological polar surface area (TPSA) is 147 Å². The molecular formula is C50H42N2O9. The van der Waals surface area contributed by atoms with Gasteiger partial charge in [-0.3, -0.25) is 0 Å². The quantitative estimate of drug-likeness (QED) is 0.102. The van der Waals surface area contributed by atoms with Gasteiger partial charge in [0.25, 0.3) is 0 Å². The number of ether oxygens (including phenoxy) is 5. The summed E-state index contributed by atoms with van der Waals surface area (Å²) in [6, 6.07) is 48.2. The molecule has 0 spiro atoms. The maximum absolute atomic E-state index is 11.1. The van der Waals surface area contributed by atoms with Gasteiger partial charge in [-0.1, -0.05) is 72.8 Å². The van der Waals surface area contributed by atoms with Crippen LogP contribution < -0.4 is 23.7 Å². The standard InChI is InChI=1S/C25H21NO5.C25H21NO4/c1-29-21-12-22(30-15-17-5-4-7-19(11-17)25(27)28)14-23(13-21)31-16-20-10-9-18-6-2-3-8-24(18)26-20;1-17-11-22(29-15-18-5-4-7-20(13-18)25(27)28)14-23(12-17)30-16-21-10-9-19-6-2-3-8-24(19)26-21/h2-14H,15-16H2,1H3,(H,27,28);2-14H,15-16H2,1H3,(H,27,28). The fourth-order valence-electron chi connectivity index (χ4n) is 6.32. The third kappa shape index (κ3) is 11.6. The van der Waals surface area contributed by atoms with Crippen LogP contribution in [-0.4, -0.2) is 39.2 Å². The molecule has 11 nitrogen and oxygen atoms in total. The summed E-state index contributed by atoms with van der Waals surface area (Å²) in [6.07, 6.45) is 0. The molecule has 306 valence electrons. The number of nitrogens with zero attached hydrogens (tertiary/aromatic N) is 2. The Morgan fingerprint density at radius 3 is 1.31 bits per heavy atom. The number of hydrogen-bond acceptors (Lipinski definition) is 9. The number of methoxy groups -OCH3 is 1. The predicted octanol–water partition coefficient (Wildman–Crippen LogP) is 10.5. The highest BCUT2D eigenvalue weighted by molar-refractivity contribution is 5.88. The van der Waals surface area contributed by atoms with Crippen molar-refractivity contribution in [2.45, 2.75) is 33.4 Å². The van der Waals surface area contributed by atoms with E-state index in [2.05, 4.69) is 9.97 Å². The van der Waals surface area contributed by atoms with Crippen molar-refractivity contribution in [1.82, 2.24) is 9.97 Å². The highest BCUT2D eigenvalue weighted by atomic mass is 16.5. The molecule has 0 unspecified atom stereocenters. The summed E-state index contributed by atoms with van der Waals surface area (Å²) in [5.74, 6) is 1.17. The normalized spacial score (nSPS) is 10.7. The lowest BCUT2D eigenvalue weighted by molar-refractivity contribution is 0.0686. The Bertz CT molecular complexity index is 2810. The number of carbonyl (C=O) groups is 2. The van der Waals surface area contributed by atoms with Crippen LogP contribution in [0.15, 0.2) is 158 Å². The predicted molar refractivity (Wildman–Crippen MR) is 232 cm³/mol. The van der Waals surface area contributed by atoms with Gasteiger partial charge in [0.1, 0.15) is 55.2 Å². The molecule has 8 aromatic rings. The Labute approximate surface area is 352 Å². The van der Waals surface area contributed by atoms with Gasteiger partial charge in [-0.2, -0.15) is 0 Å². The molecule has 2 N–H and O–H groups in total. The average Bonchev–Trinajstić information content (AvgIpc) is 3.29. The van der Waals surface area contributed by atoms with Crippen LogP contribution in [-0.2, 0) is 26.4 Å². The van der Waals surface area contributed by atoms with Gasteiger partial charge in [-0.25, -0.2) is 19.6 Å². The highest BCUT2D eigenvalue weighted by Crippen LogP contribution is 2.29. The molecule has 0 aliphatic carbocycles. The van der Waals surface area contributed by atoms with Crippen LogP contribution in [0, 0.1) is 6.92 Å². The van der Waals surface area contributed by atoms with Gasteiger partial charge in [-0.15, -0.1) is 0 Å². The van der Waals surface area contributed by atoms with Crippen LogP contribution in [0.2, 0.25) is 0 Å². The van der Waals surface area contributed by atoms with Crippen LogP contribution in [0.5, 0.6) is 28.7 Å². The fraction of sp³-hybridized carbons (Fsp3) is 0.120. The smallest absolute Gasteiger partial charge is 0.335 e. The SMILES string of the molecule is COc1cc(OCc2cccc(C(=O)O)c2)cc(OCc2ccc3ccccc3n2)c1.Cc1cc(OCc2cccc(C(=O)O)c2)cc(OCc2ccc3ccccc3n2)c1. The summed E-state index contributed by atoms with van der Waals surface area (Å²) >= 11 is 0. The summed E-state index contributed by atoms with van der Waals surface area (Å²) in [5, 5.41) is 20.4. The molecule has 0 saturated heterocycles. The van der Waals surface area contributed by atoms with E-state index in [1.807, 2.05) is 110 Å². The number of carboxylic acids is 2. The second-order valence-electron chi connectivity index (χ2n) is 14.0. The van der Waals surface area contributed by atoms with E-state index in [-0.39, 0.29) is 24.3 Å². The van der Waals surface area contributed by atoms with Crippen LogP contribution in [0.1, 0.15) is 48.8 Å². The van der Waals surface area contributed by atoms with E-state index in [9.17, 15) is 9.59 Å². The van der Waals surface area contributed by atoms with E-state index >= 15 is 0 Å². The lowest BCUT2D eigenvalue weighted by atomic mass is 10.1. The largest absolute Gasteiger partial charge is 0.496 e. The number of carboxylic acid groups (broad SMARTS) is 2. The van der Waals surface area contributed by atoms with E-state index in [4.69, 9.17) is 33.9 Å². The van der Waals surface area contributed by atoms with Crippen LogP contribution in [0.25, 0.3) is 21.8 Å². The number of aromatic carboxylic acids is 2. The Hall–Kier alpha value is -7.92. The Kier molecular flexibility index (Phi) is 13.3. The van der Waals surface area contributed by atoms with E-state index in [1.165, 1.54) is 0 Å². The van der Waals surface area contributed by atoms with Crippen molar-refractivity contribution in [2.75, 3.05) is 7.11 Å².